The zero-order valence-electron chi connectivity index (χ0n) is 29.0. The van der Waals surface area contributed by atoms with Crippen LogP contribution in [-0.2, 0) is 9.59 Å². The van der Waals surface area contributed by atoms with E-state index < -0.39 is 17.1 Å². The number of hydrogen-bond acceptors (Lipinski definition) is 6. The zero-order valence-corrected chi connectivity index (χ0v) is 30.6. The fourth-order valence-corrected chi connectivity index (χ4v) is 7.38. The van der Waals surface area contributed by atoms with Crippen LogP contribution in [0.2, 0.25) is 0 Å². The first-order valence-corrected chi connectivity index (χ1v) is 18.6. The van der Waals surface area contributed by atoms with Crippen LogP contribution in [0.4, 0.5) is 10.8 Å². The number of thiazole rings is 1. The second-order valence-corrected chi connectivity index (χ2v) is 14.8. The molecule has 3 amide bonds. The Morgan fingerprint density at radius 1 is 0.731 bits per heavy atom. The summed E-state index contributed by atoms with van der Waals surface area (Å²) < 4.78 is 0. The first-order chi connectivity index (χ1) is 25.2. The van der Waals surface area contributed by atoms with Crippen LogP contribution in [0.5, 0.6) is 0 Å². The first-order valence-electron chi connectivity index (χ1n) is 16.9. The first kappa shape index (κ1) is 36.0. The molecular formula is C43H38N4O3S2. The lowest BCUT2D eigenvalue weighted by Gasteiger charge is -2.17. The van der Waals surface area contributed by atoms with Crippen LogP contribution in [0, 0.1) is 6.92 Å². The lowest BCUT2D eigenvalue weighted by atomic mass is 10.0. The molecule has 9 heteroatoms. The number of aryl methyl sites for hydroxylation is 1. The van der Waals surface area contributed by atoms with Crippen LogP contribution in [-0.4, -0.2) is 22.7 Å². The Bertz CT molecular complexity index is 2180. The second kappa shape index (κ2) is 17.0. The van der Waals surface area contributed by atoms with E-state index in [9.17, 15) is 14.4 Å². The van der Waals surface area contributed by atoms with E-state index in [1.54, 1.807) is 36.4 Å². The van der Waals surface area contributed by atoms with Crippen LogP contribution in [0.25, 0.3) is 17.3 Å². The highest BCUT2D eigenvalue weighted by molar-refractivity contribution is 8.00. The van der Waals surface area contributed by atoms with Gasteiger partial charge in [0.2, 0.25) is 5.91 Å². The summed E-state index contributed by atoms with van der Waals surface area (Å²) in [6, 6.07) is 43.4. The quantitative estimate of drug-likeness (QED) is 0.0863. The molecule has 1 heterocycles. The molecule has 6 rings (SSSR count). The van der Waals surface area contributed by atoms with Crippen molar-refractivity contribution in [1.29, 1.82) is 0 Å². The van der Waals surface area contributed by atoms with Gasteiger partial charge in [0.15, 0.2) is 5.13 Å². The standard InChI is InChI=1S/C43H38N4O3S2/c1-28(2)31-24-22-30(23-25-31)26-37(45-40(48)34-18-11-6-12-19-34)41(49)44-35-20-13-21-36(27-35)52-39(33-16-9-5-10-17-33)42(50)47-43-46-38(29(3)51-43)32-14-7-4-8-15-32/h4-28,39H,1-3H3,(H,44,49)(H,45,48)(H,46,47,50)/b37-26+. The number of nitrogens with one attached hydrogen (secondary N) is 3. The number of thioether (sulfide) groups is 1. The topological polar surface area (TPSA) is 100 Å². The van der Waals surface area contributed by atoms with E-state index in [0.29, 0.717) is 22.3 Å². The predicted molar refractivity (Wildman–Crippen MR) is 213 cm³/mol. The minimum Gasteiger partial charge on any atom is -0.321 e. The molecule has 1 aromatic heterocycles. The van der Waals surface area contributed by atoms with Crippen LogP contribution in [0.15, 0.2) is 150 Å². The third-order valence-electron chi connectivity index (χ3n) is 8.20. The Balaban J connectivity index is 1.22. The number of rotatable bonds is 12. The van der Waals surface area contributed by atoms with Crippen LogP contribution >= 0.6 is 23.1 Å². The molecular weight excluding hydrogens is 685 g/mol. The highest BCUT2D eigenvalue weighted by Gasteiger charge is 2.24. The molecule has 0 fully saturated rings. The predicted octanol–water partition coefficient (Wildman–Crippen LogP) is 10.1. The van der Waals surface area contributed by atoms with Crippen LogP contribution in [0.1, 0.15) is 56.9 Å². The maximum absolute atomic E-state index is 13.9. The highest BCUT2D eigenvalue weighted by Crippen LogP contribution is 2.38. The number of carbonyl (C=O) groups excluding carboxylic acids is 3. The van der Waals surface area contributed by atoms with E-state index in [-0.39, 0.29) is 11.6 Å². The van der Waals surface area contributed by atoms with Gasteiger partial charge in [-0.05, 0) is 65.9 Å². The van der Waals surface area contributed by atoms with E-state index in [4.69, 9.17) is 4.98 Å². The summed E-state index contributed by atoms with van der Waals surface area (Å²) in [5.74, 6) is -0.727. The molecule has 6 aromatic rings. The molecule has 3 N–H and O–H groups in total. The number of aromatic nitrogens is 1. The van der Waals surface area contributed by atoms with Gasteiger partial charge in [0.25, 0.3) is 11.8 Å². The number of benzene rings is 5. The second-order valence-electron chi connectivity index (χ2n) is 12.4. The van der Waals surface area contributed by atoms with E-state index in [2.05, 4.69) is 29.8 Å². The Kier molecular flexibility index (Phi) is 11.8. The fraction of sp³-hybridized carbons (Fsp3) is 0.116. The number of nitrogens with zero attached hydrogens (tertiary/aromatic N) is 1. The third-order valence-corrected chi connectivity index (χ3v) is 10.3. The van der Waals surface area contributed by atoms with E-state index >= 15 is 0 Å². The largest absolute Gasteiger partial charge is 0.321 e. The van der Waals surface area contributed by atoms with Gasteiger partial charge in [-0.15, -0.1) is 23.1 Å². The summed E-state index contributed by atoms with van der Waals surface area (Å²) in [5.41, 5.74) is 5.65. The maximum Gasteiger partial charge on any atom is 0.272 e. The molecule has 0 saturated heterocycles. The molecule has 0 aliphatic heterocycles. The van der Waals surface area contributed by atoms with Gasteiger partial charge in [0.1, 0.15) is 10.9 Å². The number of carbonyl (C=O) groups is 3. The number of anilines is 2. The lowest BCUT2D eigenvalue weighted by Crippen LogP contribution is -2.30. The van der Waals surface area contributed by atoms with Gasteiger partial charge in [0, 0.05) is 26.6 Å². The monoisotopic (exact) mass is 722 g/mol. The molecule has 0 radical (unpaired) electrons. The van der Waals surface area contributed by atoms with Crippen molar-refractivity contribution in [2.24, 2.45) is 0 Å². The van der Waals surface area contributed by atoms with Gasteiger partial charge < -0.3 is 16.0 Å². The van der Waals surface area contributed by atoms with Crippen molar-refractivity contribution in [3.05, 3.63) is 172 Å². The SMILES string of the molecule is Cc1sc(NC(=O)C(Sc2cccc(NC(=O)/C(=C\c3ccc(C(C)C)cc3)NC(=O)c3ccccc3)c2)c2ccccc2)nc1-c1ccccc1. The molecule has 1 unspecified atom stereocenters. The van der Waals surface area contributed by atoms with Crippen molar-refractivity contribution in [2.75, 3.05) is 10.6 Å². The van der Waals surface area contributed by atoms with Gasteiger partial charge in [-0.2, -0.15) is 0 Å². The van der Waals surface area contributed by atoms with Crippen molar-refractivity contribution < 1.29 is 14.4 Å². The number of hydrogen-bond donors (Lipinski definition) is 3. The van der Waals surface area contributed by atoms with Crippen molar-refractivity contribution >= 4 is 57.7 Å². The Morgan fingerprint density at radius 2 is 1.38 bits per heavy atom. The minimum absolute atomic E-state index is 0.0966. The van der Waals surface area contributed by atoms with Crippen LogP contribution in [0.3, 0.4) is 0 Å². The third kappa shape index (κ3) is 9.31. The molecule has 52 heavy (non-hydrogen) atoms. The molecule has 7 nitrogen and oxygen atoms in total. The minimum atomic E-state index is -0.606. The van der Waals surface area contributed by atoms with Gasteiger partial charge in [-0.3, -0.25) is 14.4 Å². The van der Waals surface area contributed by atoms with Crippen molar-refractivity contribution in [3.8, 4) is 11.3 Å². The maximum atomic E-state index is 13.9. The molecule has 1 atom stereocenters. The molecule has 0 bridgehead atoms. The summed E-state index contributed by atoms with van der Waals surface area (Å²) in [6.45, 7) is 6.23. The highest BCUT2D eigenvalue weighted by atomic mass is 32.2. The fourth-order valence-electron chi connectivity index (χ4n) is 5.45. The van der Waals surface area contributed by atoms with E-state index in [1.165, 1.54) is 28.7 Å². The molecule has 0 aliphatic carbocycles. The Hall–Kier alpha value is -5.77. The summed E-state index contributed by atoms with van der Waals surface area (Å²) in [7, 11) is 0. The summed E-state index contributed by atoms with van der Waals surface area (Å²) in [5, 5.41) is 8.73. The van der Waals surface area contributed by atoms with E-state index in [0.717, 1.165) is 32.2 Å². The smallest absolute Gasteiger partial charge is 0.272 e. The van der Waals surface area contributed by atoms with Crippen molar-refractivity contribution in [3.63, 3.8) is 0 Å². The van der Waals surface area contributed by atoms with Gasteiger partial charge in [0.05, 0.1) is 5.69 Å². The normalized spacial score (nSPS) is 11.9. The van der Waals surface area contributed by atoms with Gasteiger partial charge in [-0.1, -0.05) is 123 Å². The summed E-state index contributed by atoms with van der Waals surface area (Å²) in [4.78, 5) is 47.4. The Labute approximate surface area is 312 Å². The number of amides is 3. The lowest BCUT2D eigenvalue weighted by molar-refractivity contribution is -0.116. The van der Waals surface area contributed by atoms with Crippen LogP contribution < -0.4 is 16.0 Å². The van der Waals surface area contributed by atoms with Crippen molar-refractivity contribution in [2.45, 2.75) is 36.8 Å². The van der Waals surface area contributed by atoms with Crippen molar-refractivity contribution in [1.82, 2.24) is 10.3 Å². The van der Waals surface area contributed by atoms with E-state index in [1.807, 2.05) is 116 Å². The average Bonchev–Trinajstić information content (AvgIpc) is 3.54. The Morgan fingerprint density at radius 3 is 2.06 bits per heavy atom. The molecule has 0 aliphatic rings. The molecule has 0 spiro atoms. The zero-order chi connectivity index (χ0) is 36.5. The summed E-state index contributed by atoms with van der Waals surface area (Å²) in [6.07, 6.45) is 1.66. The molecule has 0 saturated carbocycles. The summed E-state index contributed by atoms with van der Waals surface area (Å²) >= 11 is 2.81. The average molecular weight is 723 g/mol. The van der Waals surface area contributed by atoms with Gasteiger partial charge >= 0.3 is 0 Å². The molecule has 260 valence electrons. The molecule has 5 aromatic carbocycles. The van der Waals surface area contributed by atoms with Gasteiger partial charge in [-0.25, -0.2) is 4.98 Å².